The van der Waals surface area contributed by atoms with Gasteiger partial charge in [0.25, 0.3) is 0 Å². The molecule has 8 heteroatoms. The maximum absolute atomic E-state index is 12.7. The van der Waals surface area contributed by atoms with E-state index >= 15 is 0 Å². The molecule has 3 aromatic carbocycles. The van der Waals surface area contributed by atoms with Crippen LogP contribution in [0.25, 0.3) is 0 Å². The number of nitrogens with zero attached hydrogens (tertiary/aromatic N) is 2. The predicted octanol–water partition coefficient (Wildman–Crippen LogP) is 5.34. The maximum Gasteiger partial charge on any atom is 0.416 e. The van der Waals surface area contributed by atoms with Crippen molar-refractivity contribution in [3.8, 4) is 0 Å². The number of halogens is 3. The summed E-state index contributed by atoms with van der Waals surface area (Å²) < 4.78 is 38.2. The Labute approximate surface area is 203 Å². The van der Waals surface area contributed by atoms with Gasteiger partial charge in [0.2, 0.25) is 0 Å². The molecule has 0 spiro atoms. The predicted molar refractivity (Wildman–Crippen MR) is 131 cm³/mol. The van der Waals surface area contributed by atoms with Crippen molar-refractivity contribution in [3.05, 3.63) is 102 Å². The van der Waals surface area contributed by atoms with Crippen molar-refractivity contribution in [2.24, 2.45) is 5.73 Å². The van der Waals surface area contributed by atoms with Crippen molar-refractivity contribution in [1.29, 1.82) is 0 Å². The summed E-state index contributed by atoms with van der Waals surface area (Å²) in [5.41, 5.74) is 8.56. The maximum atomic E-state index is 12.7. The third-order valence-electron chi connectivity index (χ3n) is 6.42. The Morgan fingerprint density at radius 2 is 1.37 bits per heavy atom. The standard InChI is InChI=1S/C27H29F3N4O/c28-27(29,30)22-11-13-23(14-12-22)32-26(35)34-17-15-33(16-18-34)19-24(20-7-3-1-4-8-20)25(31)21-9-5-2-6-10-21/h1-14,24-25H,15-19,31H2,(H,32,35)/t24-,25+/m1/s1. The molecule has 1 aliphatic heterocycles. The third kappa shape index (κ3) is 6.41. The SMILES string of the molecule is N[C@@H](c1ccccc1)[C@H](CN1CCN(C(=O)Nc2ccc(C(F)(F)F)cc2)CC1)c1ccccc1. The van der Waals surface area contributed by atoms with Crippen LogP contribution in [0.15, 0.2) is 84.9 Å². The molecule has 0 bridgehead atoms. The Balaban J connectivity index is 1.35. The van der Waals surface area contributed by atoms with E-state index in [4.69, 9.17) is 5.73 Å². The molecule has 3 aromatic rings. The molecule has 35 heavy (non-hydrogen) atoms. The van der Waals surface area contributed by atoms with Gasteiger partial charge >= 0.3 is 12.2 Å². The molecule has 0 radical (unpaired) electrons. The second kappa shape index (κ2) is 10.9. The summed E-state index contributed by atoms with van der Waals surface area (Å²) in [5.74, 6) is 0.0890. The number of hydrogen-bond donors (Lipinski definition) is 2. The van der Waals surface area contributed by atoms with Crippen LogP contribution in [-0.4, -0.2) is 48.6 Å². The summed E-state index contributed by atoms with van der Waals surface area (Å²) in [4.78, 5) is 16.6. The minimum Gasteiger partial charge on any atom is -0.323 e. The fourth-order valence-electron chi connectivity index (χ4n) is 4.39. The lowest BCUT2D eigenvalue weighted by atomic mass is 9.87. The number of nitrogens with one attached hydrogen (secondary N) is 1. The van der Waals surface area contributed by atoms with Crippen LogP contribution in [0.1, 0.15) is 28.7 Å². The highest BCUT2D eigenvalue weighted by atomic mass is 19.4. The number of alkyl halides is 3. The van der Waals surface area contributed by atoms with Crippen molar-refractivity contribution < 1.29 is 18.0 Å². The highest BCUT2D eigenvalue weighted by Gasteiger charge is 2.30. The number of carbonyl (C=O) groups is 1. The first kappa shape index (κ1) is 24.8. The van der Waals surface area contributed by atoms with Crippen LogP contribution < -0.4 is 11.1 Å². The van der Waals surface area contributed by atoms with Gasteiger partial charge in [0, 0.05) is 50.4 Å². The Bertz CT molecular complexity index is 1080. The lowest BCUT2D eigenvalue weighted by Gasteiger charge is -2.37. The van der Waals surface area contributed by atoms with Crippen molar-refractivity contribution in [2.75, 3.05) is 38.0 Å². The zero-order chi connectivity index (χ0) is 24.8. The molecule has 3 N–H and O–H groups in total. The van der Waals surface area contributed by atoms with Gasteiger partial charge in [-0.05, 0) is 35.4 Å². The summed E-state index contributed by atoms with van der Waals surface area (Å²) in [5, 5.41) is 2.69. The summed E-state index contributed by atoms with van der Waals surface area (Å²) in [6.45, 7) is 3.17. The van der Waals surface area contributed by atoms with Crippen LogP contribution in [0.4, 0.5) is 23.7 Å². The first-order chi connectivity index (χ1) is 16.8. The van der Waals surface area contributed by atoms with E-state index in [-0.39, 0.29) is 18.0 Å². The van der Waals surface area contributed by atoms with Crippen molar-refractivity contribution >= 4 is 11.7 Å². The van der Waals surface area contributed by atoms with Gasteiger partial charge in [0.1, 0.15) is 0 Å². The van der Waals surface area contributed by atoms with Crippen LogP contribution in [-0.2, 0) is 6.18 Å². The Kier molecular flexibility index (Phi) is 7.73. The number of hydrogen-bond acceptors (Lipinski definition) is 3. The zero-order valence-corrected chi connectivity index (χ0v) is 19.3. The Morgan fingerprint density at radius 3 is 1.91 bits per heavy atom. The van der Waals surface area contributed by atoms with Gasteiger partial charge in [0.15, 0.2) is 0 Å². The average Bonchev–Trinajstić information content (AvgIpc) is 2.88. The summed E-state index contributed by atoms with van der Waals surface area (Å²) in [6, 6.07) is 24.3. The van der Waals surface area contributed by atoms with E-state index in [1.54, 1.807) is 4.90 Å². The van der Waals surface area contributed by atoms with E-state index in [9.17, 15) is 18.0 Å². The number of anilines is 1. The van der Waals surface area contributed by atoms with Gasteiger partial charge in [-0.2, -0.15) is 13.2 Å². The van der Waals surface area contributed by atoms with Crippen molar-refractivity contribution in [2.45, 2.75) is 18.1 Å². The van der Waals surface area contributed by atoms with Crippen LogP contribution >= 0.6 is 0 Å². The van der Waals surface area contributed by atoms with E-state index in [0.717, 1.165) is 24.2 Å². The van der Waals surface area contributed by atoms with Gasteiger partial charge < -0.3 is 16.0 Å². The van der Waals surface area contributed by atoms with Gasteiger partial charge in [-0.3, -0.25) is 4.90 Å². The van der Waals surface area contributed by atoms with Crippen LogP contribution in [0.5, 0.6) is 0 Å². The molecule has 0 saturated carbocycles. The van der Waals surface area contributed by atoms with Crippen LogP contribution in [0, 0.1) is 0 Å². The van der Waals surface area contributed by atoms with Gasteiger partial charge in [-0.15, -0.1) is 0 Å². The van der Waals surface area contributed by atoms with Gasteiger partial charge in [-0.25, -0.2) is 4.79 Å². The smallest absolute Gasteiger partial charge is 0.323 e. The molecule has 1 fully saturated rings. The normalized spacial score (nSPS) is 16.5. The molecule has 2 amide bonds. The van der Waals surface area contributed by atoms with Gasteiger partial charge in [0.05, 0.1) is 5.56 Å². The molecule has 2 atom stereocenters. The first-order valence-electron chi connectivity index (χ1n) is 11.6. The zero-order valence-electron chi connectivity index (χ0n) is 19.3. The molecule has 5 nitrogen and oxygen atoms in total. The van der Waals surface area contributed by atoms with E-state index in [0.29, 0.717) is 31.9 Å². The minimum absolute atomic E-state index is 0.0890. The van der Waals surface area contributed by atoms with Crippen LogP contribution in [0.3, 0.4) is 0 Å². The van der Waals surface area contributed by atoms with E-state index in [1.807, 2.05) is 48.5 Å². The molecule has 0 unspecified atom stereocenters. The molecular formula is C27H29F3N4O. The molecule has 1 saturated heterocycles. The first-order valence-corrected chi connectivity index (χ1v) is 11.6. The number of amides is 2. The summed E-state index contributed by atoms with van der Waals surface area (Å²) in [6.07, 6.45) is -4.40. The largest absolute Gasteiger partial charge is 0.416 e. The number of benzene rings is 3. The fraction of sp³-hybridized carbons (Fsp3) is 0.296. The Morgan fingerprint density at radius 1 is 0.829 bits per heavy atom. The summed E-state index contributed by atoms with van der Waals surface area (Å²) in [7, 11) is 0. The number of carbonyl (C=O) groups excluding carboxylic acids is 1. The van der Waals surface area contributed by atoms with E-state index < -0.39 is 11.7 Å². The number of piperazine rings is 1. The summed E-state index contributed by atoms with van der Waals surface area (Å²) >= 11 is 0. The molecule has 0 aromatic heterocycles. The number of urea groups is 1. The van der Waals surface area contributed by atoms with Crippen LogP contribution in [0.2, 0.25) is 0 Å². The lowest BCUT2D eigenvalue weighted by molar-refractivity contribution is -0.137. The monoisotopic (exact) mass is 482 g/mol. The molecule has 184 valence electrons. The second-order valence-electron chi connectivity index (χ2n) is 8.75. The molecule has 4 rings (SSSR count). The second-order valence-corrected chi connectivity index (χ2v) is 8.75. The van der Waals surface area contributed by atoms with Crippen molar-refractivity contribution in [3.63, 3.8) is 0 Å². The molecular weight excluding hydrogens is 453 g/mol. The third-order valence-corrected chi connectivity index (χ3v) is 6.42. The quantitative estimate of drug-likeness (QED) is 0.499. The minimum atomic E-state index is -4.40. The lowest BCUT2D eigenvalue weighted by Crippen LogP contribution is -2.51. The number of nitrogens with two attached hydrogens (primary N) is 1. The van der Waals surface area contributed by atoms with E-state index in [2.05, 4.69) is 22.3 Å². The highest BCUT2D eigenvalue weighted by molar-refractivity contribution is 5.89. The van der Waals surface area contributed by atoms with Gasteiger partial charge in [-0.1, -0.05) is 60.7 Å². The topological polar surface area (TPSA) is 61.6 Å². The highest BCUT2D eigenvalue weighted by Crippen LogP contribution is 2.31. The number of rotatable bonds is 6. The van der Waals surface area contributed by atoms with E-state index in [1.165, 1.54) is 17.7 Å². The molecule has 0 aliphatic carbocycles. The molecule has 1 heterocycles. The Hall–Kier alpha value is -3.36. The molecule has 1 aliphatic rings. The fourth-order valence-corrected chi connectivity index (χ4v) is 4.39. The van der Waals surface area contributed by atoms with Crippen molar-refractivity contribution in [1.82, 2.24) is 9.80 Å². The average molecular weight is 483 g/mol.